The third-order valence-corrected chi connectivity index (χ3v) is 36.5. The second-order valence-electron chi connectivity index (χ2n) is 49.6. The van der Waals surface area contributed by atoms with Crippen molar-refractivity contribution in [3.8, 4) is 11.5 Å². The Morgan fingerprint density at radius 1 is 0.368 bits per heavy atom. The number of hydrogen-bond donors (Lipinski definition) is 5. The highest BCUT2D eigenvalue weighted by Crippen LogP contribution is 2.70. The summed E-state index contributed by atoms with van der Waals surface area (Å²) in [6.07, 6.45) is 43.4. The Kier molecular flexibility index (Phi) is 32.0. The van der Waals surface area contributed by atoms with E-state index in [0.717, 1.165) is 242 Å². The van der Waals surface area contributed by atoms with Crippen LogP contribution in [0.15, 0.2) is 200 Å². The van der Waals surface area contributed by atoms with Gasteiger partial charge in [0.05, 0.1) is 20.1 Å². The normalized spacial score (nSPS) is 34.2. The molecule has 24 aliphatic carbocycles. The number of alkyl carbamates (subject to hydrolysis) is 1. The van der Waals surface area contributed by atoms with E-state index < -0.39 is 0 Å². The number of anilines is 4. The third kappa shape index (κ3) is 25.6. The Morgan fingerprint density at radius 3 is 1.05 bits per heavy atom. The first-order chi connectivity index (χ1) is 67.8. The Morgan fingerprint density at radius 2 is 0.694 bits per heavy atom. The van der Waals surface area contributed by atoms with Crippen LogP contribution in [0.25, 0.3) is 0 Å². The quantitative estimate of drug-likeness (QED) is 0.0255. The minimum Gasteiger partial charge on any atom is -0.508 e. The highest BCUT2D eigenvalue weighted by Gasteiger charge is 2.62. The molecule has 776 valence electrons. The summed E-state index contributed by atoms with van der Waals surface area (Å²) in [6.45, 7) is 15.0. The number of carbonyl (C=O) groups is 6. The molecule has 5 amide bonds. The number of benzene rings is 7. The van der Waals surface area contributed by atoms with E-state index in [1.807, 2.05) is 139 Å². The molecule has 2 unspecified atom stereocenters. The number of aromatic hydroxyl groups is 1. The van der Waals surface area contributed by atoms with Gasteiger partial charge in [0, 0.05) is 60.5 Å². The number of methoxy groups -OCH3 is 1. The topological polar surface area (TPSA) is 242 Å². The minimum absolute atomic E-state index is 0. The number of para-hydroxylation sites is 1. The Bertz CT molecular complexity index is 5300. The largest absolute Gasteiger partial charge is 0.508 e. The number of nitrogens with one attached hydrogen (secondary N) is 4. The molecule has 2 atom stereocenters. The summed E-state index contributed by atoms with van der Waals surface area (Å²) in [4.78, 5) is 78.6. The monoisotopic (exact) mass is 1960 g/mol. The zero-order chi connectivity index (χ0) is 97.5. The molecule has 0 heterocycles. The summed E-state index contributed by atoms with van der Waals surface area (Å²) in [5, 5.41) is 21.0. The predicted octanol–water partition coefficient (Wildman–Crippen LogP) is 30.0. The Labute approximate surface area is 858 Å². The van der Waals surface area contributed by atoms with Crippen LogP contribution in [0.5, 0.6) is 11.5 Å². The molecule has 0 radical (unpaired) electrons. The molecule has 7 aromatic rings. The molecule has 144 heavy (non-hydrogen) atoms. The van der Waals surface area contributed by atoms with Gasteiger partial charge >= 0.3 is 36.4 Å². The van der Waals surface area contributed by atoms with Gasteiger partial charge in [0.1, 0.15) is 39.5 Å². The Hall–Kier alpha value is -10.5. The van der Waals surface area contributed by atoms with Crippen molar-refractivity contribution in [2.24, 2.45) is 111 Å². The molecule has 0 saturated heterocycles. The number of phenolic OH excluding ortho intramolecular Hbond substituents is 1. The van der Waals surface area contributed by atoms with Gasteiger partial charge in [-0.25, -0.2) is 24.0 Å². The second kappa shape index (κ2) is 43.9. The first-order valence-electron chi connectivity index (χ1n) is 54.0. The molecule has 31 rings (SSSR count). The molecule has 24 aliphatic rings. The van der Waals surface area contributed by atoms with Crippen molar-refractivity contribution < 1.29 is 67.0 Å². The first-order valence-corrected chi connectivity index (χ1v) is 54.0. The summed E-state index contributed by atoms with van der Waals surface area (Å²) >= 11 is 0. The lowest BCUT2D eigenvalue weighted by Crippen LogP contribution is -2.56. The van der Waals surface area contributed by atoms with Gasteiger partial charge < -0.3 is 48.9 Å². The molecule has 0 aromatic heterocycles. The van der Waals surface area contributed by atoms with E-state index in [-0.39, 0.29) is 97.9 Å². The lowest BCUT2D eigenvalue weighted by Gasteiger charge is -2.65. The van der Waals surface area contributed by atoms with Crippen LogP contribution in [-0.4, -0.2) is 95.2 Å². The number of carbonyl (C=O) groups excluding carboxylic acids is 6. The minimum atomic E-state index is -0.359. The number of allylic oxidation sites excluding steroid dienone is 1. The fourth-order valence-electron chi connectivity index (χ4n) is 34.1. The average Bonchev–Trinajstić information content (AvgIpc) is 0.708. The number of aryl methyl sites for hydroxylation is 1. The van der Waals surface area contributed by atoms with E-state index in [1.165, 1.54) is 140 Å². The van der Waals surface area contributed by atoms with Crippen molar-refractivity contribution in [3.05, 3.63) is 228 Å². The maximum absolute atomic E-state index is 13.3. The van der Waals surface area contributed by atoms with Gasteiger partial charge in [-0.3, -0.25) is 25.2 Å². The van der Waals surface area contributed by atoms with Gasteiger partial charge in [-0.05, 0) is 446 Å². The standard InChI is InChI=1S/C25H29NO2.C22H30O2.C20H26N2O2.C19H25NO3.C18H23NO2.C17H21NO3.3CH4/c27-24(28-25-14-21-11-22(15-25)13-23(12-21)16-25)26(17-19-7-3-1-4-8-19)18-20-9-5-2-6-10-20;1-16-4-6-17(7-5-16)8-19(23)24-15-22-11-18-9-20(2,13-22)12-21(3,10-18)14-22;1-13(2)21-17-3-5-18(6-4-17)22-19(23)24-20-10-14-7-15(11-20)9-16(8-14)12-20;1-22-17-4-2-13(3-5-17)12-20-18(21)23-19-9-14-6-15(10-19)8-16(7-14)11-19;1-19(16-5-3-2-4-6-16)17(20)21-18-10-13-7-14(11-18)9-15(8-13)12-18;19-15-3-1-14(2-4-15)18-16(20)21-17-8-11-5-12(9-17)7-13(6-11)10-17;;;/h1-10,21-23H,11-18H2;4-7,18H,8-15H2,1-3H3;3-6,14-16,21H,1,7-12H2,2H3,(H,22,23);2-5,14-16H,6-12H2,1H3,(H,20,21);2-6,13-15H,7-12H2,1H3;1-4,11-13,19H,5-10H2,(H,18,20);3*1H4. The first kappa shape index (κ1) is 105. The highest BCUT2D eigenvalue weighted by atomic mass is 16.6. The number of rotatable bonds is 21. The molecule has 0 aliphatic heterocycles. The number of phenols is 1. The number of nitrogens with zero attached hydrogens (tertiary/aromatic N) is 2. The number of ether oxygens (including phenoxy) is 7. The van der Waals surface area contributed by atoms with Crippen LogP contribution in [0, 0.1) is 118 Å². The molecule has 5 N–H and O–H groups in total. The lowest BCUT2D eigenvalue weighted by atomic mass is 9.40. The number of esters is 1. The van der Waals surface area contributed by atoms with Gasteiger partial charge in [0.25, 0.3) is 0 Å². The fourth-order valence-corrected chi connectivity index (χ4v) is 34.1. The van der Waals surface area contributed by atoms with Crippen molar-refractivity contribution >= 4 is 59.2 Å². The van der Waals surface area contributed by atoms with E-state index in [9.17, 15) is 33.9 Å². The zero-order valence-corrected chi connectivity index (χ0v) is 84.5. The van der Waals surface area contributed by atoms with Crippen LogP contribution < -0.4 is 30.9 Å². The van der Waals surface area contributed by atoms with Gasteiger partial charge in [0.2, 0.25) is 0 Å². The fraction of sp³-hybridized carbons (Fsp3) is 0.597. The van der Waals surface area contributed by atoms with E-state index in [0.29, 0.717) is 49.2 Å². The summed E-state index contributed by atoms with van der Waals surface area (Å²) < 4.78 is 41.1. The van der Waals surface area contributed by atoms with E-state index in [1.54, 1.807) is 43.3 Å². The van der Waals surface area contributed by atoms with Crippen LogP contribution >= 0.6 is 0 Å². The van der Waals surface area contributed by atoms with Gasteiger partial charge in [0.15, 0.2) is 0 Å². The predicted molar refractivity (Wildman–Crippen MR) is 570 cm³/mol. The number of hydrogen-bond acceptors (Lipinski definition) is 15. The van der Waals surface area contributed by atoms with Gasteiger partial charge in [-0.2, -0.15) is 0 Å². The summed E-state index contributed by atoms with van der Waals surface area (Å²) in [5.41, 5.74) is 10.1. The van der Waals surface area contributed by atoms with Crippen molar-refractivity contribution in [3.63, 3.8) is 0 Å². The van der Waals surface area contributed by atoms with Gasteiger partial charge in [-0.15, -0.1) is 0 Å². The molecular formula is C124H166N6O14. The molecule has 24 saturated carbocycles. The second-order valence-corrected chi connectivity index (χ2v) is 49.6. The zero-order valence-electron chi connectivity index (χ0n) is 84.5. The van der Waals surface area contributed by atoms with Crippen LogP contribution in [0.3, 0.4) is 0 Å². The van der Waals surface area contributed by atoms with Crippen LogP contribution in [0.2, 0.25) is 0 Å². The maximum atomic E-state index is 13.3. The summed E-state index contributed by atoms with van der Waals surface area (Å²) in [7, 11) is 3.45. The third-order valence-electron chi connectivity index (χ3n) is 36.5. The smallest absolute Gasteiger partial charge is 0.414 e. The van der Waals surface area contributed by atoms with Crippen LogP contribution in [0.4, 0.5) is 46.7 Å². The molecule has 24 fully saturated rings. The van der Waals surface area contributed by atoms with E-state index in [2.05, 4.69) is 85.0 Å². The molecule has 24 bridgehead atoms. The van der Waals surface area contributed by atoms with Crippen LogP contribution in [-0.2, 0) is 59.3 Å². The SMILES string of the molecule is C.C.C.C=C(C)Nc1ccc(NC(=O)OC23CC4CC(CC(C4)C2)C3)cc1.CN(C(=O)OC12CC3CC(CC(C3)C1)C2)c1ccccc1.COc1ccc(CNC(=O)OC23CC4CC(CC(C4)C2)C3)cc1.Cc1ccc(CC(=O)OCC23CC4CC(C)(CC(C)(C4)C2)C3)cc1.O=C(Nc1ccc(O)cc1)OC12CC3CC(CC(C3)C1)C2.O=C(OC12CC3CC(CC(C3)C1)C2)N(Cc1ccccc1)Cc1ccccc1. The van der Waals surface area contributed by atoms with Crippen molar-refractivity contribution in [1.82, 2.24) is 10.2 Å². The summed E-state index contributed by atoms with van der Waals surface area (Å²) in [5.74, 6) is 13.5. The summed E-state index contributed by atoms with van der Waals surface area (Å²) in [6, 6.07) is 60.2. The highest BCUT2D eigenvalue weighted by molar-refractivity contribution is 5.88. The van der Waals surface area contributed by atoms with E-state index >= 15 is 0 Å². The molecule has 7 aromatic carbocycles. The molecule has 20 heteroatoms. The van der Waals surface area contributed by atoms with E-state index in [4.69, 9.17) is 33.2 Å². The van der Waals surface area contributed by atoms with Crippen molar-refractivity contribution in [2.75, 3.05) is 41.6 Å². The van der Waals surface area contributed by atoms with Crippen LogP contribution in [0.1, 0.15) is 302 Å². The van der Waals surface area contributed by atoms with Crippen molar-refractivity contribution in [2.45, 2.75) is 335 Å². The number of amides is 5. The molecular weight excluding hydrogens is 1800 g/mol. The maximum Gasteiger partial charge on any atom is 0.414 e. The lowest BCUT2D eigenvalue weighted by molar-refractivity contribution is -0.177. The average molecular weight is 1960 g/mol. The van der Waals surface area contributed by atoms with Gasteiger partial charge in [-0.1, -0.05) is 164 Å². The molecule has 20 nitrogen and oxygen atoms in total. The van der Waals surface area contributed by atoms with Crippen molar-refractivity contribution in [1.29, 1.82) is 0 Å². The molecule has 0 spiro atoms. The Balaban J connectivity index is 0.000000118.